The summed E-state index contributed by atoms with van der Waals surface area (Å²) in [5, 5.41) is 3.41. The largest absolute Gasteiger partial charge is 0.493 e. The fraction of sp³-hybridized carbons (Fsp3) is 0.409. The first kappa shape index (κ1) is 21.6. The minimum atomic E-state index is 0.633. The predicted molar refractivity (Wildman–Crippen MR) is 113 cm³/mol. The normalized spacial score (nSPS) is 11.2. The van der Waals surface area contributed by atoms with Gasteiger partial charge in [0.15, 0.2) is 17.5 Å². The molecule has 2 rings (SSSR count). The van der Waals surface area contributed by atoms with Crippen molar-refractivity contribution >= 4 is 5.96 Å². The van der Waals surface area contributed by atoms with Gasteiger partial charge in [-0.25, -0.2) is 0 Å². The summed E-state index contributed by atoms with van der Waals surface area (Å²) in [5.74, 6) is 2.36. The Bertz CT molecular complexity index is 760. The Morgan fingerprint density at radius 2 is 1.57 bits per heavy atom. The summed E-state index contributed by atoms with van der Waals surface area (Å²) in [6, 6.07) is 14.4. The Hall–Kier alpha value is -2.73. The van der Waals surface area contributed by atoms with Crippen LogP contribution in [0.4, 0.5) is 0 Å². The van der Waals surface area contributed by atoms with Crippen LogP contribution in [0.2, 0.25) is 0 Å². The maximum atomic E-state index is 5.38. The molecule has 0 heterocycles. The number of rotatable bonds is 9. The quantitative estimate of drug-likeness (QED) is 0.531. The molecular formula is C22H31N3O3. The number of nitrogens with zero attached hydrogens (tertiary/aromatic N) is 2. The zero-order chi connectivity index (χ0) is 20.4. The molecule has 1 N–H and O–H groups in total. The van der Waals surface area contributed by atoms with E-state index < -0.39 is 0 Å². The van der Waals surface area contributed by atoms with Gasteiger partial charge in [-0.05, 0) is 35.2 Å². The maximum Gasteiger partial charge on any atom is 0.193 e. The van der Waals surface area contributed by atoms with Gasteiger partial charge in [0.1, 0.15) is 0 Å². The van der Waals surface area contributed by atoms with E-state index in [0.717, 1.165) is 37.0 Å². The van der Waals surface area contributed by atoms with Crippen molar-refractivity contribution in [3.63, 3.8) is 0 Å². The smallest absolute Gasteiger partial charge is 0.193 e. The highest BCUT2D eigenvalue weighted by Gasteiger charge is 2.08. The second-order valence-corrected chi connectivity index (χ2v) is 6.51. The number of guanidine groups is 1. The van der Waals surface area contributed by atoms with Crippen LogP contribution in [0.1, 0.15) is 16.7 Å². The summed E-state index contributed by atoms with van der Waals surface area (Å²) in [6.07, 6.45) is 0.878. The molecule has 28 heavy (non-hydrogen) atoms. The molecule has 0 bridgehead atoms. The number of methoxy groups -OCH3 is 3. The van der Waals surface area contributed by atoms with Gasteiger partial charge in [-0.1, -0.05) is 30.3 Å². The van der Waals surface area contributed by atoms with E-state index in [2.05, 4.69) is 45.5 Å². The van der Waals surface area contributed by atoms with E-state index in [1.54, 1.807) is 28.4 Å². The third-order valence-electron chi connectivity index (χ3n) is 4.54. The fourth-order valence-electron chi connectivity index (χ4n) is 2.92. The van der Waals surface area contributed by atoms with Crippen molar-refractivity contribution in [1.82, 2.24) is 10.2 Å². The molecule has 6 heteroatoms. The first-order chi connectivity index (χ1) is 13.6. The topological polar surface area (TPSA) is 55.3 Å². The number of hydrogen-bond acceptors (Lipinski definition) is 4. The van der Waals surface area contributed by atoms with Gasteiger partial charge in [0.05, 0.1) is 20.8 Å². The molecular weight excluding hydrogens is 354 g/mol. The average molecular weight is 386 g/mol. The lowest BCUT2D eigenvalue weighted by molar-refractivity contribution is 0.185. The molecule has 0 aliphatic heterocycles. The average Bonchev–Trinajstić information content (AvgIpc) is 2.73. The Morgan fingerprint density at radius 1 is 0.929 bits per heavy atom. The first-order valence-corrected chi connectivity index (χ1v) is 9.30. The molecule has 0 amide bonds. The van der Waals surface area contributed by atoms with Crippen molar-refractivity contribution in [2.24, 2.45) is 4.99 Å². The zero-order valence-corrected chi connectivity index (χ0v) is 17.5. The lowest BCUT2D eigenvalue weighted by Gasteiger charge is -2.22. The van der Waals surface area contributed by atoms with Crippen molar-refractivity contribution < 1.29 is 14.2 Å². The van der Waals surface area contributed by atoms with Crippen molar-refractivity contribution in [2.45, 2.75) is 19.6 Å². The van der Waals surface area contributed by atoms with E-state index >= 15 is 0 Å². The second kappa shape index (κ2) is 11.2. The number of benzene rings is 2. The predicted octanol–water partition coefficient (Wildman–Crippen LogP) is 3.10. The van der Waals surface area contributed by atoms with E-state index in [-0.39, 0.29) is 0 Å². The summed E-state index contributed by atoms with van der Waals surface area (Å²) < 4.78 is 15.8. The summed E-state index contributed by atoms with van der Waals surface area (Å²) >= 11 is 0. The Balaban J connectivity index is 1.88. The molecule has 0 aliphatic rings. The van der Waals surface area contributed by atoms with Crippen LogP contribution in [-0.2, 0) is 24.3 Å². The number of nitrogens with one attached hydrogen (secondary N) is 1. The van der Waals surface area contributed by atoms with Gasteiger partial charge in [0.2, 0.25) is 0 Å². The van der Waals surface area contributed by atoms with Crippen LogP contribution < -0.4 is 14.8 Å². The minimum absolute atomic E-state index is 0.633. The molecule has 0 atom stereocenters. The third-order valence-corrected chi connectivity index (χ3v) is 4.54. The van der Waals surface area contributed by atoms with Gasteiger partial charge in [-0.3, -0.25) is 4.99 Å². The highest BCUT2D eigenvalue weighted by Crippen LogP contribution is 2.27. The highest BCUT2D eigenvalue weighted by molar-refractivity contribution is 5.79. The van der Waals surface area contributed by atoms with E-state index in [9.17, 15) is 0 Å². The summed E-state index contributed by atoms with van der Waals surface area (Å²) in [7, 11) is 8.85. The van der Waals surface area contributed by atoms with Gasteiger partial charge in [0.25, 0.3) is 0 Å². The standard InChI is InChI=1S/C22H31N3O3/c1-23-22(24-15-18-6-8-19(9-7-18)16-26-3)25(2)13-12-17-10-11-20(27-4)21(14-17)28-5/h6-11,14H,12-13,15-16H2,1-5H3,(H,23,24). The molecule has 0 fully saturated rings. The molecule has 0 radical (unpaired) electrons. The van der Waals surface area contributed by atoms with Gasteiger partial charge in [-0.15, -0.1) is 0 Å². The second-order valence-electron chi connectivity index (χ2n) is 6.51. The zero-order valence-electron chi connectivity index (χ0n) is 17.5. The van der Waals surface area contributed by atoms with Gasteiger partial charge in [0, 0.05) is 34.3 Å². The van der Waals surface area contributed by atoms with Crippen molar-refractivity contribution in [1.29, 1.82) is 0 Å². The van der Waals surface area contributed by atoms with Crippen molar-refractivity contribution in [2.75, 3.05) is 42.0 Å². The van der Waals surface area contributed by atoms with Crippen LogP contribution >= 0.6 is 0 Å². The number of likely N-dealkylation sites (N-methyl/N-ethyl adjacent to an activating group) is 1. The molecule has 0 aromatic heterocycles. The monoisotopic (exact) mass is 385 g/mol. The number of ether oxygens (including phenoxy) is 3. The molecule has 0 aliphatic carbocycles. The Kier molecular flexibility index (Phi) is 8.62. The molecule has 2 aromatic carbocycles. The third kappa shape index (κ3) is 6.16. The van der Waals surface area contributed by atoms with Crippen LogP contribution in [0.15, 0.2) is 47.5 Å². The maximum absolute atomic E-state index is 5.38. The molecule has 6 nitrogen and oxygen atoms in total. The Labute approximate surface area is 168 Å². The molecule has 0 spiro atoms. The molecule has 152 valence electrons. The van der Waals surface area contributed by atoms with E-state index in [4.69, 9.17) is 14.2 Å². The highest BCUT2D eigenvalue weighted by atomic mass is 16.5. The minimum Gasteiger partial charge on any atom is -0.493 e. The van der Waals surface area contributed by atoms with Crippen LogP contribution in [0.25, 0.3) is 0 Å². The SMILES string of the molecule is CN=C(NCc1ccc(COC)cc1)N(C)CCc1ccc(OC)c(OC)c1. The van der Waals surface area contributed by atoms with E-state index in [0.29, 0.717) is 6.61 Å². The summed E-state index contributed by atoms with van der Waals surface area (Å²) in [6.45, 7) is 2.19. The van der Waals surface area contributed by atoms with E-state index in [1.165, 1.54) is 16.7 Å². The lowest BCUT2D eigenvalue weighted by atomic mass is 10.1. The number of aliphatic imine (C=N–C) groups is 1. The lowest BCUT2D eigenvalue weighted by Crippen LogP contribution is -2.39. The van der Waals surface area contributed by atoms with Crippen molar-refractivity contribution in [3.05, 3.63) is 59.2 Å². The van der Waals surface area contributed by atoms with Crippen molar-refractivity contribution in [3.8, 4) is 11.5 Å². The van der Waals surface area contributed by atoms with E-state index in [1.807, 2.05) is 19.2 Å². The summed E-state index contributed by atoms with van der Waals surface area (Å²) in [4.78, 5) is 6.51. The van der Waals surface area contributed by atoms with Gasteiger partial charge in [-0.2, -0.15) is 0 Å². The van der Waals surface area contributed by atoms with Gasteiger partial charge >= 0.3 is 0 Å². The van der Waals surface area contributed by atoms with Crippen LogP contribution in [0.3, 0.4) is 0 Å². The van der Waals surface area contributed by atoms with Crippen LogP contribution in [0.5, 0.6) is 11.5 Å². The molecule has 0 unspecified atom stereocenters. The van der Waals surface area contributed by atoms with Crippen LogP contribution in [-0.4, -0.2) is 52.8 Å². The first-order valence-electron chi connectivity index (χ1n) is 9.30. The number of hydrogen-bond donors (Lipinski definition) is 1. The molecule has 0 saturated carbocycles. The van der Waals surface area contributed by atoms with Gasteiger partial charge < -0.3 is 24.4 Å². The summed E-state index contributed by atoms with van der Waals surface area (Å²) in [5.41, 5.74) is 3.56. The molecule has 2 aromatic rings. The molecule has 0 saturated heterocycles. The fourth-order valence-corrected chi connectivity index (χ4v) is 2.92. The van der Waals surface area contributed by atoms with Crippen LogP contribution in [0, 0.1) is 0 Å². The Morgan fingerprint density at radius 3 is 2.18 bits per heavy atom.